The van der Waals surface area contributed by atoms with Gasteiger partial charge in [0.1, 0.15) is 5.84 Å². The number of rotatable bonds is 4. The molecule has 6 aliphatic rings. The molecule has 0 spiro atoms. The van der Waals surface area contributed by atoms with Gasteiger partial charge in [0, 0.05) is 44.8 Å². The van der Waals surface area contributed by atoms with Crippen molar-refractivity contribution in [1.29, 1.82) is 0 Å². The number of nitrogens with zero attached hydrogens (tertiary/aromatic N) is 4. The second kappa shape index (κ2) is 8.72. The third-order valence-electron chi connectivity index (χ3n) is 10.3. The highest BCUT2D eigenvalue weighted by atomic mass is 16.2. The lowest BCUT2D eigenvalue weighted by Gasteiger charge is -2.41. The van der Waals surface area contributed by atoms with E-state index < -0.39 is 0 Å². The van der Waals surface area contributed by atoms with Crippen molar-refractivity contribution in [3.63, 3.8) is 0 Å². The molecule has 6 heteroatoms. The van der Waals surface area contributed by atoms with Gasteiger partial charge in [0.15, 0.2) is 0 Å². The maximum atomic E-state index is 13.3. The first kappa shape index (κ1) is 22.0. The number of carbonyl (C=O) groups excluding carboxylic acids is 2. The zero-order valence-corrected chi connectivity index (χ0v) is 20.8. The molecule has 1 aromatic carbocycles. The number of amidine groups is 1. The first-order chi connectivity index (χ1) is 17.2. The van der Waals surface area contributed by atoms with Crippen molar-refractivity contribution in [3.05, 3.63) is 35.4 Å². The molecular formula is C29H38N4O2. The van der Waals surface area contributed by atoms with Crippen LogP contribution in [0.15, 0.2) is 29.3 Å². The first-order valence-corrected chi connectivity index (χ1v) is 14.1. The number of fused-ring (bicyclic) bond motifs is 6. The Morgan fingerprint density at radius 1 is 0.800 bits per heavy atom. The molecule has 2 amide bonds. The number of hydrogen-bond donors (Lipinski definition) is 0. The lowest BCUT2D eigenvalue weighted by Crippen LogP contribution is -2.51. The van der Waals surface area contributed by atoms with E-state index in [9.17, 15) is 9.59 Å². The van der Waals surface area contributed by atoms with E-state index in [1.807, 2.05) is 0 Å². The Hall–Kier alpha value is -2.21. The largest absolute Gasteiger partial charge is 0.354 e. The van der Waals surface area contributed by atoms with Gasteiger partial charge in [-0.05, 0) is 61.3 Å². The summed E-state index contributed by atoms with van der Waals surface area (Å²) in [4.78, 5) is 38.2. The Kier molecular flexibility index (Phi) is 5.49. The minimum atomic E-state index is 0.0278. The number of likely N-dealkylation sites (tertiary alicyclic amines) is 1. The van der Waals surface area contributed by atoms with Crippen molar-refractivity contribution in [2.45, 2.75) is 51.5 Å². The minimum Gasteiger partial charge on any atom is -0.354 e. The molecule has 1 aromatic rings. The van der Waals surface area contributed by atoms with Gasteiger partial charge >= 0.3 is 0 Å². The van der Waals surface area contributed by atoms with Crippen LogP contribution in [-0.2, 0) is 16.1 Å². The van der Waals surface area contributed by atoms with Crippen LogP contribution in [0.4, 0.5) is 0 Å². The molecule has 0 radical (unpaired) electrons. The molecule has 3 aliphatic heterocycles. The Morgan fingerprint density at radius 3 is 2.17 bits per heavy atom. The molecule has 2 saturated heterocycles. The molecule has 3 aliphatic carbocycles. The molecule has 35 heavy (non-hydrogen) atoms. The van der Waals surface area contributed by atoms with Crippen molar-refractivity contribution in [2.24, 2.45) is 40.5 Å². The van der Waals surface area contributed by atoms with E-state index in [4.69, 9.17) is 4.99 Å². The summed E-state index contributed by atoms with van der Waals surface area (Å²) in [5, 5.41) is 0. The average Bonchev–Trinajstić information content (AvgIpc) is 3.66. The second-order valence-electron chi connectivity index (χ2n) is 12.1. The van der Waals surface area contributed by atoms with E-state index in [0.29, 0.717) is 30.2 Å². The lowest BCUT2D eigenvalue weighted by atomic mass is 9.78. The van der Waals surface area contributed by atoms with Gasteiger partial charge in [0.2, 0.25) is 11.8 Å². The highest BCUT2D eigenvalue weighted by Gasteiger charge is 2.61. The number of piperazine rings is 1. The van der Waals surface area contributed by atoms with Crippen LogP contribution < -0.4 is 0 Å². The minimum absolute atomic E-state index is 0.0278. The maximum Gasteiger partial charge on any atom is 0.233 e. The number of amides is 2. The van der Waals surface area contributed by atoms with Crippen LogP contribution in [0.2, 0.25) is 0 Å². The fourth-order valence-corrected chi connectivity index (χ4v) is 8.52. The normalized spacial score (nSPS) is 36.6. The maximum absolute atomic E-state index is 13.3. The lowest BCUT2D eigenvalue weighted by molar-refractivity contribution is -0.142. The third kappa shape index (κ3) is 3.66. The molecule has 0 N–H and O–H groups in total. The molecule has 0 unspecified atom stereocenters. The highest BCUT2D eigenvalue weighted by Crippen LogP contribution is 2.56. The van der Waals surface area contributed by atoms with Gasteiger partial charge in [-0.2, -0.15) is 0 Å². The summed E-state index contributed by atoms with van der Waals surface area (Å²) in [6, 6.07) is 8.63. The van der Waals surface area contributed by atoms with E-state index in [-0.39, 0.29) is 23.7 Å². The van der Waals surface area contributed by atoms with Gasteiger partial charge in [0.25, 0.3) is 0 Å². The van der Waals surface area contributed by atoms with E-state index in [1.165, 1.54) is 36.2 Å². The Bertz CT molecular complexity index is 1020. The summed E-state index contributed by atoms with van der Waals surface area (Å²) in [7, 11) is 0. The number of aliphatic imine (C=N–C) groups is 1. The van der Waals surface area contributed by atoms with Crippen LogP contribution in [0.5, 0.6) is 0 Å². The Labute approximate surface area is 208 Å². The first-order valence-electron chi connectivity index (χ1n) is 14.1. The second-order valence-corrected chi connectivity index (χ2v) is 12.1. The Balaban J connectivity index is 0.973. The van der Waals surface area contributed by atoms with E-state index in [2.05, 4.69) is 34.1 Å². The number of imide groups is 1. The quantitative estimate of drug-likeness (QED) is 0.628. The van der Waals surface area contributed by atoms with Gasteiger partial charge in [-0.3, -0.25) is 24.4 Å². The van der Waals surface area contributed by atoms with Crippen molar-refractivity contribution in [2.75, 3.05) is 39.3 Å². The van der Waals surface area contributed by atoms with Crippen molar-refractivity contribution in [3.8, 4) is 0 Å². The van der Waals surface area contributed by atoms with Crippen LogP contribution >= 0.6 is 0 Å². The SMILES string of the molecule is O=C1[C@@H]2[C@H]3CC[C@H](C3)[C@@H]2C(=O)N1C[C@@H]1CCCC[C@H]1CN1CCN(C2=NCc3ccccc32)CC1. The molecule has 3 saturated carbocycles. The topological polar surface area (TPSA) is 56.2 Å². The number of benzene rings is 1. The van der Waals surface area contributed by atoms with E-state index in [0.717, 1.165) is 65.0 Å². The molecule has 0 aromatic heterocycles. The molecule has 186 valence electrons. The van der Waals surface area contributed by atoms with Gasteiger partial charge in [-0.1, -0.05) is 37.1 Å². The van der Waals surface area contributed by atoms with Crippen molar-refractivity contribution in [1.82, 2.24) is 14.7 Å². The van der Waals surface area contributed by atoms with Gasteiger partial charge in [-0.15, -0.1) is 0 Å². The zero-order chi connectivity index (χ0) is 23.5. The van der Waals surface area contributed by atoms with Gasteiger partial charge in [0.05, 0.1) is 18.4 Å². The van der Waals surface area contributed by atoms with E-state index in [1.54, 1.807) is 4.90 Å². The summed E-state index contributed by atoms with van der Waals surface area (Å²) in [5.74, 6) is 3.64. The fraction of sp³-hybridized carbons (Fsp3) is 0.690. The van der Waals surface area contributed by atoms with Crippen molar-refractivity contribution >= 4 is 17.6 Å². The summed E-state index contributed by atoms with van der Waals surface area (Å²) in [5.41, 5.74) is 2.66. The van der Waals surface area contributed by atoms with Gasteiger partial charge in [-0.25, -0.2) is 0 Å². The number of hydrogen-bond acceptors (Lipinski definition) is 5. The Morgan fingerprint density at radius 2 is 1.46 bits per heavy atom. The molecular weight excluding hydrogens is 436 g/mol. The van der Waals surface area contributed by atoms with Crippen LogP contribution in [0.3, 0.4) is 0 Å². The summed E-state index contributed by atoms with van der Waals surface area (Å²) >= 11 is 0. The van der Waals surface area contributed by atoms with Crippen LogP contribution in [0.1, 0.15) is 56.1 Å². The predicted molar refractivity (Wildman–Crippen MR) is 135 cm³/mol. The molecule has 6 atom stereocenters. The molecule has 2 bridgehead atoms. The summed E-state index contributed by atoms with van der Waals surface area (Å²) < 4.78 is 0. The smallest absolute Gasteiger partial charge is 0.233 e. The molecule has 7 rings (SSSR count). The number of carbonyl (C=O) groups is 2. The van der Waals surface area contributed by atoms with E-state index >= 15 is 0 Å². The summed E-state index contributed by atoms with van der Waals surface area (Å²) in [6.45, 7) is 6.80. The van der Waals surface area contributed by atoms with Crippen LogP contribution in [-0.4, -0.2) is 71.6 Å². The van der Waals surface area contributed by atoms with Gasteiger partial charge < -0.3 is 4.90 Å². The molecule has 5 fully saturated rings. The molecule has 3 heterocycles. The average molecular weight is 475 g/mol. The highest BCUT2D eigenvalue weighted by molar-refractivity contribution is 6.06. The van der Waals surface area contributed by atoms with Crippen LogP contribution in [0, 0.1) is 35.5 Å². The standard InChI is InChI=1S/C29H38N4O2/c34-28-25-19-9-10-20(15-19)26(25)29(35)33(28)18-23-7-2-1-6-22(23)17-31-11-13-32(14-12-31)27-24-8-4-3-5-21(24)16-30-27/h3-5,8,19-20,22-23,25-26H,1-2,6-7,9-18H2/t19-,20+,22-,23-,25+,26-/m0/s1. The third-order valence-corrected chi connectivity index (χ3v) is 10.3. The summed E-state index contributed by atoms with van der Waals surface area (Å²) in [6.07, 6.45) is 8.37. The van der Waals surface area contributed by atoms with Crippen LogP contribution in [0.25, 0.3) is 0 Å². The monoisotopic (exact) mass is 474 g/mol. The predicted octanol–water partition coefficient (Wildman–Crippen LogP) is 3.40. The zero-order valence-electron chi connectivity index (χ0n) is 20.8. The molecule has 6 nitrogen and oxygen atoms in total. The fourth-order valence-electron chi connectivity index (χ4n) is 8.52. The van der Waals surface area contributed by atoms with Crippen molar-refractivity contribution < 1.29 is 9.59 Å².